The minimum absolute atomic E-state index is 0.0649. The Balaban J connectivity index is 0.000000637. The molecule has 1 saturated heterocycles. The third-order valence-electron chi connectivity index (χ3n) is 3.67. The summed E-state index contributed by atoms with van der Waals surface area (Å²) in [5, 5.41) is 1.29. The second-order valence-electron chi connectivity index (χ2n) is 5.07. The maximum atomic E-state index is 13.8. The van der Waals surface area contributed by atoms with Crippen LogP contribution in [-0.4, -0.2) is 29.4 Å². The summed E-state index contributed by atoms with van der Waals surface area (Å²) in [6, 6.07) is 8.34. The van der Waals surface area contributed by atoms with Crippen molar-refractivity contribution >= 4 is 13.2 Å². The Morgan fingerprint density at radius 3 is 2.47 bits per heavy atom. The molecule has 104 valence electrons. The first-order chi connectivity index (χ1) is 9.16. The van der Waals surface area contributed by atoms with Crippen molar-refractivity contribution in [2.45, 2.75) is 39.8 Å². The molecule has 19 heavy (non-hydrogen) atoms. The fourth-order valence-electron chi connectivity index (χ4n) is 2.78. The first-order valence-corrected chi connectivity index (χ1v) is 8.85. The number of fused-ring (bicyclic) bond motifs is 2. The van der Waals surface area contributed by atoms with E-state index < -0.39 is 0 Å². The van der Waals surface area contributed by atoms with E-state index in [1.807, 2.05) is 26.0 Å². The van der Waals surface area contributed by atoms with Crippen molar-refractivity contribution in [2.75, 3.05) is 12.4 Å². The first-order valence-electron chi connectivity index (χ1n) is 7.14. The third-order valence-corrected chi connectivity index (χ3v) is 6.23. The third kappa shape index (κ3) is 2.75. The van der Waals surface area contributed by atoms with Gasteiger partial charge in [0.1, 0.15) is 5.82 Å². The van der Waals surface area contributed by atoms with E-state index in [-0.39, 0.29) is 13.7 Å². The Kier molecular flexibility index (Phi) is 4.76. The molecular formula is C16H23FNP. The molecule has 2 heterocycles. The fraction of sp³-hybridized carbons (Fsp3) is 0.500. The van der Waals surface area contributed by atoms with Crippen molar-refractivity contribution in [1.29, 1.82) is 0 Å². The van der Waals surface area contributed by atoms with Gasteiger partial charge in [-0.15, -0.1) is 0 Å². The Morgan fingerprint density at radius 1 is 1.26 bits per heavy atom. The zero-order valence-corrected chi connectivity index (χ0v) is 13.1. The normalized spacial score (nSPS) is 25.3. The molecule has 3 rings (SSSR count). The van der Waals surface area contributed by atoms with E-state index in [0.29, 0.717) is 12.1 Å². The molecule has 0 aromatic heterocycles. The van der Waals surface area contributed by atoms with Crippen LogP contribution < -0.4 is 0 Å². The van der Waals surface area contributed by atoms with Gasteiger partial charge in [0.15, 0.2) is 0 Å². The molecule has 1 aromatic rings. The first kappa shape index (κ1) is 14.7. The topological polar surface area (TPSA) is 3.24 Å². The van der Waals surface area contributed by atoms with Crippen LogP contribution in [0, 0.1) is 5.82 Å². The molecule has 1 nitrogen and oxygen atoms in total. The van der Waals surface area contributed by atoms with Crippen molar-refractivity contribution in [3.8, 4) is 0 Å². The minimum atomic E-state index is -0.149. The van der Waals surface area contributed by atoms with Gasteiger partial charge in [0, 0.05) is 23.9 Å². The van der Waals surface area contributed by atoms with Gasteiger partial charge < -0.3 is 0 Å². The lowest BCUT2D eigenvalue weighted by Gasteiger charge is -2.29. The molecule has 1 aromatic carbocycles. The van der Waals surface area contributed by atoms with Crippen molar-refractivity contribution < 1.29 is 4.39 Å². The second kappa shape index (κ2) is 6.15. The van der Waals surface area contributed by atoms with Crippen LogP contribution in [0.1, 0.15) is 33.3 Å². The summed E-state index contributed by atoms with van der Waals surface area (Å²) in [6.07, 6.45) is 4.68. The summed E-state index contributed by atoms with van der Waals surface area (Å²) in [7, 11) is -0.149. The molecule has 2 aliphatic rings. The molecule has 2 bridgehead atoms. The van der Waals surface area contributed by atoms with Crippen LogP contribution >= 0.6 is 7.92 Å². The summed E-state index contributed by atoms with van der Waals surface area (Å²) in [4.78, 5) is 2.54. The van der Waals surface area contributed by atoms with E-state index in [9.17, 15) is 4.39 Å². The Hall–Kier alpha value is -0.720. The number of halogens is 1. The molecule has 0 amide bonds. The summed E-state index contributed by atoms with van der Waals surface area (Å²) in [5.74, 6) is -0.0649. The zero-order valence-electron chi connectivity index (χ0n) is 12.2. The van der Waals surface area contributed by atoms with Gasteiger partial charge in [-0.3, -0.25) is 4.90 Å². The highest BCUT2D eigenvalue weighted by Gasteiger charge is 2.40. The molecule has 0 saturated carbocycles. The van der Waals surface area contributed by atoms with Gasteiger partial charge >= 0.3 is 0 Å². The van der Waals surface area contributed by atoms with Crippen LogP contribution in [0.3, 0.4) is 0 Å². The SMILES string of the molecule is CC.CC(C)N1C[P@]2CC1C=C2c1ccccc1F. The smallest absolute Gasteiger partial charge is 0.131 e. The minimum Gasteiger partial charge on any atom is -0.290 e. The summed E-state index contributed by atoms with van der Waals surface area (Å²) in [6.45, 7) is 8.49. The van der Waals surface area contributed by atoms with Crippen LogP contribution in [-0.2, 0) is 0 Å². The van der Waals surface area contributed by atoms with Crippen LogP contribution in [0.4, 0.5) is 4.39 Å². The summed E-state index contributed by atoms with van der Waals surface area (Å²) < 4.78 is 13.8. The fourth-order valence-corrected chi connectivity index (χ4v) is 5.84. The van der Waals surface area contributed by atoms with Crippen LogP contribution in [0.15, 0.2) is 30.3 Å². The predicted molar refractivity (Wildman–Crippen MR) is 83.1 cm³/mol. The van der Waals surface area contributed by atoms with E-state index in [1.165, 1.54) is 11.5 Å². The van der Waals surface area contributed by atoms with Gasteiger partial charge in [-0.25, -0.2) is 4.39 Å². The predicted octanol–water partition coefficient (Wildman–Crippen LogP) is 4.74. The van der Waals surface area contributed by atoms with Crippen LogP contribution in [0.25, 0.3) is 5.31 Å². The molecule has 0 aliphatic carbocycles. The number of hydrogen-bond acceptors (Lipinski definition) is 1. The average molecular weight is 279 g/mol. The molecule has 0 radical (unpaired) electrons. The van der Waals surface area contributed by atoms with Gasteiger partial charge in [0.25, 0.3) is 0 Å². The Labute approximate surface area is 117 Å². The highest BCUT2D eigenvalue weighted by Crippen LogP contribution is 2.61. The lowest BCUT2D eigenvalue weighted by molar-refractivity contribution is 0.245. The number of benzene rings is 1. The Bertz CT molecular complexity index is 470. The quantitative estimate of drug-likeness (QED) is 0.707. The van der Waals surface area contributed by atoms with Gasteiger partial charge in [-0.2, -0.15) is 0 Å². The van der Waals surface area contributed by atoms with Gasteiger partial charge in [-0.05, 0) is 31.4 Å². The molecule has 1 fully saturated rings. The van der Waals surface area contributed by atoms with Crippen LogP contribution in [0.2, 0.25) is 0 Å². The standard InChI is InChI=1S/C14H17FNP.C2H6/c1-10(2)16-9-17-8-11(16)7-14(17)12-5-3-4-6-13(12)15;1-2/h3-7,10-11H,8-9H2,1-2H3;1-2H3/t11?,17-;/m0./s1. The maximum Gasteiger partial charge on any atom is 0.131 e. The van der Waals surface area contributed by atoms with Gasteiger partial charge in [0.2, 0.25) is 0 Å². The van der Waals surface area contributed by atoms with E-state index in [4.69, 9.17) is 0 Å². The van der Waals surface area contributed by atoms with E-state index in [0.717, 1.165) is 11.8 Å². The lowest BCUT2D eigenvalue weighted by Crippen LogP contribution is -2.35. The highest BCUT2D eigenvalue weighted by molar-refractivity contribution is 7.69. The molecule has 1 unspecified atom stereocenters. The van der Waals surface area contributed by atoms with Gasteiger partial charge in [-0.1, -0.05) is 46.0 Å². The molecule has 2 atom stereocenters. The molecule has 0 spiro atoms. The summed E-state index contributed by atoms with van der Waals surface area (Å²) in [5.41, 5.74) is 0.838. The molecule has 2 aliphatic heterocycles. The zero-order chi connectivity index (χ0) is 14.0. The van der Waals surface area contributed by atoms with E-state index >= 15 is 0 Å². The van der Waals surface area contributed by atoms with Crippen molar-refractivity contribution in [3.05, 3.63) is 41.7 Å². The summed E-state index contributed by atoms with van der Waals surface area (Å²) >= 11 is 0. The van der Waals surface area contributed by atoms with E-state index in [2.05, 4.69) is 24.8 Å². The number of nitrogens with zero attached hydrogens (tertiary/aromatic N) is 1. The second-order valence-corrected chi connectivity index (χ2v) is 7.28. The van der Waals surface area contributed by atoms with E-state index in [1.54, 1.807) is 12.1 Å². The van der Waals surface area contributed by atoms with Crippen molar-refractivity contribution in [3.63, 3.8) is 0 Å². The van der Waals surface area contributed by atoms with Crippen molar-refractivity contribution in [1.82, 2.24) is 4.90 Å². The van der Waals surface area contributed by atoms with Gasteiger partial charge in [0.05, 0.1) is 0 Å². The number of rotatable bonds is 2. The number of hydrogen-bond donors (Lipinski definition) is 0. The highest BCUT2D eigenvalue weighted by atomic mass is 31.1. The van der Waals surface area contributed by atoms with Crippen molar-refractivity contribution in [2.24, 2.45) is 0 Å². The molecular weight excluding hydrogens is 256 g/mol. The largest absolute Gasteiger partial charge is 0.290 e. The molecule has 3 heteroatoms. The maximum absolute atomic E-state index is 13.8. The monoisotopic (exact) mass is 279 g/mol. The average Bonchev–Trinajstić information content (AvgIpc) is 3.01. The lowest BCUT2D eigenvalue weighted by atomic mass is 10.1. The molecule has 0 N–H and O–H groups in total. The Morgan fingerprint density at radius 2 is 1.95 bits per heavy atom. The van der Waals surface area contributed by atoms with Crippen LogP contribution in [0.5, 0.6) is 0 Å².